The van der Waals surface area contributed by atoms with Crippen molar-refractivity contribution < 1.29 is 9.18 Å². The number of halogens is 1. The lowest BCUT2D eigenvalue weighted by Crippen LogP contribution is -2.41. The molecule has 1 saturated heterocycles. The summed E-state index contributed by atoms with van der Waals surface area (Å²) in [4.78, 5) is 11.6. The van der Waals surface area contributed by atoms with Crippen molar-refractivity contribution in [3.8, 4) is 0 Å². The summed E-state index contributed by atoms with van der Waals surface area (Å²) in [7, 11) is 0. The van der Waals surface area contributed by atoms with Crippen LogP contribution in [-0.4, -0.2) is 16.5 Å². The highest BCUT2D eigenvalue weighted by Gasteiger charge is 2.29. The Morgan fingerprint density at radius 2 is 1.88 bits per heavy atom. The summed E-state index contributed by atoms with van der Waals surface area (Å²) in [6.07, 6.45) is 2.65. The van der Waals surface area contributed by atoms with E-state index in [0.29, 0.717) is 24.9 Å². The minimum absolute atomic E-state index is 0.0491. The number of piperidine rings is 1. The van der Waals surface area contributed by atoms with Gasteiger partial charge in [0.25, 0.3) is 0 Å². The third-order valence-corrected chi connectivity index (χ3v) is 4.93. The van der Waals surface area contributed by atoms with Crippen LogP contribution in [0.25, 0.3) is 10.9 Å². The van der Waals surface area contributed by atoms with E-state index in [0.717, 1.165) is 17.3 Å². The SMILES string of the molecule is O=C1CCCC([C@@H](F)c2cn(Cc3ccccc3)c3ccccc23)N1. The molecular formula is C21H21FN2O. The second-order valence-electron chi connectivity index (χ2n) is 6.68. The first kappa shape index (κ1) is 15.9. The van der Waals surface area contributed by atoms with E-state index in [4.69, 9.17) is 0 Å². The van der Waals surface area contributed by atoms with Crippen molar-refractivity contribution in [3.05, 3.63) is 71.9 Å². The summed E-state index contributed by atoms with van der Waals surface area (Å²) in [5.41, 5.74) is 2.86. The molecule has 1 aromatic heterocycles. The number of amides is 1. The zero-order chi connectivity index (χ0) is 17.2. The van der Waals surface area contributed by atoms with Gasteiger partial charge in [0.15, 0.2) is 0 Å². The van der Waals surface area contributed by atoms with Gasteiger partial charge in [-0.25, -0.2) is 4.39 Å². The third kappa shape index (κ3) is 3.16. The molecule has 0 bridgehead atoms. The molecule has 4 rings (SSSR count). The van der Waals surface area contributed by atoms with Gasteiger partial charge in [0.1, 0.15) is 6.17 Å². The molecule has 2 aromatic carbocycles. The van der Waals surface area contributed by atoms with Crippen molar-refractivity contribution >= 4 is 16.8 Å². The number of nitrogens with zero attached hydrogens (tertiary/aromatic N) is 1. The first-order chi connectivity index (χ1) is 12.2. The molecule has 1 aliphatic heterocycles. The Balaban J connectivity index is 1.70. The van der Waals surface area contributed by atoms with Crippen LogP contribution in [0.4, 0.5) is 4.39 Å². The number of nitrogens with one attached hydrogen (secondary N) is 1. The largest absolute Gasteiger partial charge is 0.350 e. The Labute approximate surface area is 146 Å². The van der Waals surface area contributed by atoms with Crippen molar-refractivity contribution in [1.29, 1.82) is 0 Å². The molecule has 1 amide bonds. The molecule has 1 fully saturated rings. The second-order valence-corrected chi connectivity index (χ2v) is 6.68. The van der Waals surface area contributed by atoms with E-state index in [1.807, 2.05) is 48.7 Å². The predicted octanol–water partition coefficient (Wildman–Crippen LogP) is 4.37. The molecule has 1 aliphatic rings. The molecule has 4 heteroatoms. The Kier molecular flexibility index (Phi) is 4.26. The Morgan fingerprint density at radius 1 is 1.12 bits per heavy atom. The average Bonchev–Trinajstić information content (AvgIpc) is 3.01. The van der Waals surface area contributed by atoms with Crippen LogP contribution in [0.5, 0.6) is 0 Å². The predicted molar refractivity (Wildman–Crippen MR) is 97.1 cm³/mol. The maximum atomic E-state index is 15.2. The summed E-state index contributed by atoms with van der Waals surface area (Å²) in [6.45, 7) is 0.700. The number of alkyl halides is 1. The zero-order valence-electron chi connectivity index (χ0n) is 14.0. The van der Waals surface area contributed by atoms with Crippen LogP contribution >= 0.6 is 0 Å². The fourth-order valence-electron chi connectivity index (χ4n) is 3.68. The van der Waals surface area contributed by atoms with Gasteiger partial charge in [0, 0.05) is 35.6 Å². The third-order valence-electron chi connectivity index (χ3n) is 4.93. The summed E-state index contributed by atoms with van der Waals surface area (Å²) >= 11 is 0. The number of fused-ring (bicyclic) bond motifs is 1. The molecule has 0 aliphatic carbocycles. The van der Waals surface area contributed by atoms with Crippen molar-refractivity contribution in [3.63, 3.8) is 0 Å². The minimum Gasteiger partial charge on any atom is -0.350 e. The van der Waals surface area contributed by atoms with Gasteiger partial charge in [-0.1, -0.05) is 48.5 Å². The molecule has 0 spiro atoms. The average molecular weight is 336 g/mol. The van der Waals surface area contributed by atoms with Crippen molar-refractivity contribution in [2.45, 2.75) is 38.0 Å². The van der Waals surface area contributed by atoms with Gasteiger partial charge in [-0.2, -0.15) is 0 Å². The van der Waals surface area contributed by atoms with Crippen LogP contribution in [0, 0.1) is 0 Å². The highest BCUT2D eigenvalue weighted by molar-refractivity contribution is 5.85. The maximum Gasteiger partial charge on any atom is 0.220 e. The molecule has 2 heterocycles. The Morgan fingerprint density at radius 3 is 2.68 bits per heavy atom. The number of carbonyl (C=O) groups excluding carboxylic acids is 1. The number of hydrogen-bond donors (Lipinski definition) is 1. The lowest BCUT2D eigenvalue weighted by molar-refractivity contribution is -0.124. The second kappa shape index (κ2) is 6.71. The van der Waals surface area contributed by atoms with E-state index in [9.17, 15) is 4.79 Å². The normalized spacial score (nSPS) is 18.9. The van der Waals surface area contributed by atoms with Crippen LogP contribution in [0.15, 0.2) is 60.8 Å². The standard InChI is InChI=1S/C21H21FN2O/c22-21(18-10-6-12-20(25)23-18)17-14-24(13-15-7-2-1-3-8-15)19-11-5-4-9-16(17)19/h1-5,7-9,11,14,18,21H,6,10,12-13H2,(H,23,25)/t18?,21-/m0/s1. The summed E-state index contributed by atoms with van der Waals surface area (Å²) in [5.74, 6) is -0.0491. The summed E-state index contributed by atoms with van der Waals surface area (Å²) in [5, 5.41) is 3.74. The molecule has 2 atom stereocenters. The number of hydrogen-bond acceptors (Lipinski definition) is 1. The fraction of sp³-hybridized carbons (Fsp3) is 0.286. The van der Waals surface area contributed by atoms with Gasteiger partial charge >= 0.3 is 0 Å². The van der Waals surface area contributed by atoms with E-state index in [1.165, 1.54) is 5.56 Å². The molecule has 1 unspecified atom stereocenters. The lowest BCUT2D eigenvalue weighted by atomic mass is 9.95. The van der Waals surface area contributed by atoms with Crippen LogP contribution in [0.2, 0.25) is 0 Å². The number of para-hydroxylation sites is 1. The van der Waals surface area contributed by atoms with Gasteiger partial charge in [-0.3, -0.25) is 4.79 Å². The number of rotatable bonds is 4. The van der Waals surface area contributed by atoms with Crippen molar-refractivity contribution in [2.24, 2.45) is 0 Å². The van der Waals surface area contributed by atoms with Gasteiger partial charge in [0.05, 0.1) is 6.04 Å². The lowest BCUT2D eigenvalue weighted by Gasteiger charge is -2.26. The molecule has 1 N–H and O–H groups in total. The molecule has 25 heavy (non-hydrogen) atoms. The molecule has 0 saturated carbocycles. The van der Waals surface area contributed by atoms with E-state index in [2.05, 4.69) is 22.0 Å². The molecular weight excluding hydrogens is 315 g/mol. The molecule has 3 nitrogen and oxygen atoms in total. The van der Waals surface area contributed by atoms with Gasteiger partial charge in [0.2, 0.25) is 5.91 Å². The first-order valence-electron chi connectivity index (χ1n) is 8.77. The van der Waals surface area contributed by atoms with Crippen molar-refractivity contribution in [1.82, 2.24) is 9.88 Å². The quantitative estimate of drug-likeness (QED) is 0.754. The van der Waals surface area contributed by atoms with Crippen molar-refractivity contribution in [2.75, 3.05) is 0 Å². The number of aromatic nitrogens is 1. The monoisotopic (exact) mass is 336 g/mol. The highest BCUT2D eigenvalue weighted by atomic mass is 19.1. The van der Waals surface area contributed by atoms with Crippen LogP contribution in [0.3, 0.4) is 0 Å². The van der Waals surface area contributed by atoms with E-state index in [1.54, 1.807) is 0 Å². The Hall–Kier alpha value is -2.62. The van der Waals surface area contributed by atoms with Crippen LogP contribution in [-0.2, 0) is 11.3 Å². The van der Waals surface area contributed by atoms with Gasteiger partial charge < -0.3 is 9.88 Å². The maximum absolute atomic E-state index is 15.2. The van der Waals surface area contributed by atoms with Crippen LogP contribution < -0.4 is 5.32 Å². The first-order valence-corrected chi connectivity index (χ1v) is 8.77. The minimum atomic E-state index is -1.19. The molecule has 3 aromatic rings. The number of benzene rings is 2. The smallest absolute Gasteiger partial charge is 0.220 e. The zero-order valence-corrected chi connectivity index (χ0v) is 14.0. The van der Waals surface area contributed by atoms with E-state index < -0.39 is 12.2 Å². The summed E-state index contributed by atoms with van der Waals surface area (Å²) in [6, 6.07) is 17.6. The Bertz CT molecular complexity index is 887. The summed E-state index contributed by atoms with van der Waals surface area (Å²) < 4.78 is 17.3. The topological polar surface area (TPSA) is 34.0 Å². The molecule has 0 radical (unpaired) electrons. The molecule has 128 valence electrons. The van der Waals surface area contributed by atoms with Crippen LogP contribution in [0.1, 0.15) is 36.6 Å². The van der Waals surface area contributed by atoms with E-state index in [-0.39, 0.29) is 5.91 Å². The van der Waals surface area contributed by atoms with Gasteiger partial charge in [-0.15, -0.1) is 0 Å². The fourth-order valence-corrected chi connectivity index (χ4v) is 3.68. The van der Waals surface area contributed by atoms with Gasteiger partial charge in [-0.05, 0) is 24.5 Å². The number of carbonyl (C=O) groups is 1. The highest BCUT2D eigenvalue weighted by Crippen LogP contribution is 2.33. The van der Waals surface area contributed by atoms with E-state index >= 15 is 4.39 Å².